The first kappa shape index (κ1) is 46.2. The van der Waals surface area contributed by atoms with Gasteiger partial charge in [0, 0.05) is 53.7 Å². The number of esters is 2. The number of halogens is 2. The quantitative estimate of drug-likeness (QED) is 0.114. The summed E-state index contributed by atoms with van der Waals surface area (Å²) in [5, 5.41) is 3.34. The second kappa shape index (κ2) is 19.2. The molecule has 14 nitrogen and oxygen atoms in total. The van der Waals surface area contributed by atoms with Gasteiger partial charge < -0.3 is 34.4 Å². The minimum atomic E-state index is -3.73. The summed E-state index contributed by atoms with van der Waals surface area (Å²) < 4.78 is 53.2. The number of benzene rings is 1. The fraction of sp³-hybridized carbons (Fsp3) is 0.610. The van der Waals surface area contributed by atoms with E-state index in [4.69, 9.17) is 23.3 Å². The molecule has 0 unspecified atom stereocenters. The lowest BCUT2D eigenvalue weighted by molar-refractivity contribution is -0.162. The highest BCUT2D eigenvalue weighted by Gasteiger charge is 2.48. The molecule has 59 heavy (non-hydrogen) atoms. The number of ether oxygens (including phenoxy) is 2. The van der Waals surface area contributed by atoms with Gasteiger partial charge in [-0.15, -0.1) is 11.3 Å². The summed E-state index contributed by atoms with van der Waals surface area (Å²) in [6.07, 6.45) is 8.37. The van der Waals surface area contributed by atoms with Gasteiger partial charge >= 0.3 is 17.6 Å². The number of imidazole rings is 1. The third-order valence-corrected chi connectivity index (χ3v) is 13.2. The molecule has 7 rings (SSSR count). The maximum absolute atomic E-state index is 16.0. The summed E-state index contributed by atoms with van der Waals surface area (Å²) in [6, 6.07) is 5.11. The first-order valence-corrected chi connectivity index (χ1v) is 21.7. The number of hydrogen-bond donors (Lipinski definition) is 2. The molecule has 18 heteroatoms. The van der Waals surface area contributed by atoms with E-state index >= 15 is 8.78 Å². The molecule has 4 aliphatic rings. The molecular formula is C41H56F2N5O9PS. The van der Waals surface area contributed by atoms with Crippen LogP contribution in [0.25, 0.3) is 10.1 Å². The van der Waals surface area contributed by atoms with Gasteiger partial charge in [-0.1, -0.05) is 6.07 Å². The Morgan fingerprint density at radius 2 is 1.59 bits per heavy atom. The smallest absolute Gasteiger partial charge is 0.340 e. The van der Waals surface area contributed by atoms with E-state index in [1.165, 1.54) is 43.0 Å². The Balaban J connectivity index is 0.000000472. The van der Waals surface area contributed by atoms with Crippen LogP contribution in [-0.2, 0) is 43.4 Å². The van der Waals surface area contributed by atoms with Gasteiger partial charge in [-0.2, -0.15) is 8.78 Å². The van der Waals surface area contributed by atoms with Crippen LogP contribution in [0.3, 0.4) is 0 Å². The predicted octanol–water partition coefficient (Wildman–Crippen LogP) is 7.16. The zero-order valence-electron chi connectivity index (χ0n) is 34.8. The van der Waals surface area contributed by atoms with Crippen LogP contribution < -0.4 is 5.32 Å². The van der Waals surface area contributed by atoms with Gasteiger partial charge in [0.1, 0.15) is 12.8 Å². The Morgan fingerprint density at radius 3 is 2.17 bits per heavy atom. The Morgan fingerprint density at radius 1 is 0.966 bits per heavy atom. The van der Waals surface area contributed by atoms with Gasteiger partial charge in [-0.05, 0) is 116 Å². The number of likely N-dealkylation sites (N-methyl/N-ethyl adjacent to an activating group) is 1. The van der Waals surface area contributed by atoms with E-state index in [-0.39, 0.29) is 11.9 Å². The number of aromatic amines is 1. The summed E-state index contributed by atoms with van der Waals surface area (Å²) >= 11 is 1.15. The molecule has 2 amide bonds. The van der Waals surface area contributed by atoms with Crippen molar-refractivity contribution in [1.29, 1.82) is 0 Å². The van der Waals surface area contributed by atoms with Gasteiger partial charge in [0.05, 0.1) is 22.0 Å². The molecule has 3 saturated heterocycles. The third-order valence-electron chi connectivity index (χ3n) is 10.7. The lowest BCUT2D eigenvalue weighted by Crippen LogP contribution is -2.51. The number of amides is 2. The van der Waals surface area contributed by atoms with Gasteiger partial charge in [-0.3, -0.25) is 28.2 Å². The number of rotatable bonds is 11. The Bertz CT molecular complexity index is 1900. The van der Waals surface area contributed by atoms with Crippen molar-refractivity contribution in [3.05, 3.63) is 52.9 Å². The fourth-order valence-corrected chi connectivity index (χ4v) is 9.27. The lowest BCUT2D eigenvalue weighted by Gasteiger charge is -2.35. The van der Waals surface area contributed by atoms with Crippen molar-refractivity contribution >= 4 is 60.3 Å². The van der Waals surface area contributed by atoms with Crippen LogP contribution in [0.5, 0.6) is 0 Å². The molecule has 3 aromatic rings. The van der Waals surface area contributed by atoms with Crippen LogP contribution in [0.4, 0.5) is 8.78 Å². The number of likely N-dealkylation sites (tertiary alicyclic amines) is 1. The van der Waals surface area contributed by atoms with Crippen LogP contribution in [0, 0.1) is 22.7 Å². The molecule has 5 heterocycles. The fourth-order valence-electron chi connectivity index (χ4n) is 7.28. The second-order valence-electron chi connectivity index (χ2n) is 17.5. The van der Waals surface area contributed by atoms with Crippen molar-refractivity contribution in [2.45, 2.75) is 97.3 Å². The molecule has 4 fully saturated rings. The van der Waals surface area contributed by atoms with E-state index < -0.39 is 67.9 Å². The van der Waals surface area contributed by atoms with Gasteiger partial charge in [0.25, 0.3) is 14.3 Å². The average molecular weight is 864 g/mol. The van der Waals surface area contributed by atoms with Crippen LogP contribution >= 0.6 is 19.7 Å². The minimum absolute atomic E-state index is 0.0380. The maximum atomic E-state index is 16.0. The molecule has 0 radical (unpaired) electrons. The number of nitrogens with one attached hydrogen (secondary N) is 2. The van der Waals surface area contributed by atoms with Crippen molar-refractivity contribution in [2.75, 3.05) is 40.3 Å². The molecule has 2 aromatic heterocycles. The van der Waals surface area contributed by atoms with Crippen LogP contribution in [-0.4, -0.2) is 103 Å². The summed E-state index contributed by atoms with van der Waals surface area (Å²) in [5.74, 6) is -0.0185. The highest BCUT2D eigenvalue weighted by Crippen LogP contribution is 2.60. The van der Waals surface area contributed by atoms with Crippen molar-refractivity contribution in [3.63, 3.8) is 0 Å². The number of carbonyl (C=O) groups excluding carboxylic acids is 5. The predicted molar refractivity (Wildman–Crippen MR) is 218 cm³/mol. The largest absolute Gasteiger partial charge is 0.438 e. The summed E-state index contributed by atoms with van der Waals surface area (Å²) in [6.45, 7) is 13.1. The number of H-pyrrole nitrogens is 1. The van der Waals surface area contributed by atoms with Crippen LogP contribution in [0.2, 0.25) is 0 Å². The number of alkyl halides is 2. The van der Waals surface area contributed by atoms with Crippen molar-refractivity contribution < 1.29 is 51.3 Å². The van der Waals surface area contributed by atoms with E-state index in [1.54, 1.807) is 47.9 Å². The molecule has 324 valence electrons. The van der Waals surface area contributed by atoms with E-state index in [9.17, 15) is 19.2 Å². The number of aromatic nitrogens is 2. The number of carbonyl (C=O) groups is 5. The minimum Gasteiger partial charge on any atom is -0.438 e. The molecule has 1 saturated carbocycles. The van der Waals surface area contributed by atoms with Crippen LogP contribution in [0.15, 0.2) is 36.8 Å². The van der Waals surface area contributed by atoms with E-state index in [0.29, 0.717) is 45.7 Å². The van der Waals surface area contributed by atoms with E-state index in [0.717, 1.165) is 37.0 Å². The first-order valence-electron chi connectivity index (χ1n) is 19.7. The first-order chi connectivity index (χ1) is 27.8. The molecule has 0 bridgehead atoms. The molecule has 3 aliphatic heterocycles. The second-order valence-corrected chi connectivity index (χ2v) is 20.2. The Kier molecular flexibility index (Phi) is 15.0. The summed E-state index contributed by atoms with van der Waals surface area (Å²) in [5.41, 5.74) is -4.68. The normalized spacial score (nSPS) is 22.1. The van der Waals surface area contributed by atoms with Gasteiger partial charge in [0.15, 0.2) is 13.6 Å². The highest BCUT2D eigenvalue weighted by atomic mass is 32.1. The van der Waals surface area contributed by atoms with E-state index in [2.05, 4.69) is 27.2 Å². The molecule has 4 atom stereocenters. The monoisotopic (exact) mass is 863 g/mol. The number of thiophene rings is 1. The number of fused-ring (bicyclic) bond motifs is 3. The molecular weight excluding hydrogens is 808 g/mol. The zero-order valence-corrected chi connectivity index (χ0v) is 36.5. The van der Waals surface area contributed by atoms with Crippen molar-refractivity contribution in [2.24, 2.45) is 22.7 Å². The van der Waals surface area contributed by atoms with Crippen LogP contribution in [0.1, 0.15) is 100 Å². The van der Waals surface area contributed by atoms with Gasteiger partial charge in [0.2, 0.25) is 5.91 Å². The van der Waals surface area contributed by atoms with E-state index in [1.807, 2.05) is 17.9 Å². The maximum Gasteiger partial charge on any atom is 0.340 e. The molecule has 1 aromatic carbocycles. The topological polar surface area (TPSA) is 169 Å². The summed E-state index contributed by atoms with van der Waals surface area (Å²) in [4.78, 5) is 70.7. The number of nitrogens with zero attached hydrogens (tertiary/aromatic N) is 3. The third kappa shape index (κ3) is 11.7. The lowest BCUT2D eigenvalue weighted by atomic mass is 9.98. The average Bonchev–Trinajstić information content (AvgIpc) is 3.59. The Hall–Kier alpha value is -3.89. The molecule has 2 N–H and O–H groups in total. The highest BCUT2D eigenvalue weighted by molar-refractivity contribution is 7.48. The van der Waals surface area contributed by atoms with Crippen molar-refractivity contribution in [3.8, 4) is 0 Å². The number of hydrogen-bond acceptors (Lipinski definition) is 12. The Labute approximate surface area is 349 Å². The molecule has 0 spiro atoms. The van der Waals surface area contributed by atoms with Crippen molar-refractivity contribution in [1.82, 2.24) is 25.1 Å². The standard InChI is InChI=1S/C33H43F2N2O8PS.C7H11N3.CH2O/c1-31(2,3)29(40)42-17-44-46(45-18-43-30(41)32(4,5)6)33(34,35)22-9-10-25-21(13-22)16-26(47-25)27(38)36-24-15-20-12-19(20)14-23-8-7-11-37(23)28(24)39;1-10-3-6(4-10)7-2-8-5-9-7;1-2/h9-10,13,16,19-20,23-24H,7-8,11-12,14-15,17-18H2,1-6H3,(H,36,38);2,5-6H,3-4H2,1H3,(H,8,9);1H2/t19-,20+,23+,24-;;/m0../s1. The SMILES string of the molecule is C=O.CC(C)(C)C(=O)OCOP(OCOC(=O)C(C)(C)C)C(F)(F)c1ccc2sc(C(=O)N[C@H]3C[C@H]4C[C@H]4C[C@H]4CCCN4C3=O)cc2c1.CN1CC(c2cnc[nH]2)C1. The summed E-state index contributed by atoms with van der Waals surface area (Å²) in [7, 11) is -0.975. The zero-order chi connectivity index (χ0) is 43.3. The molecule has 1 aliphatic carbocycles. The van der Waals surface area contributed by atoms with Gasteiger partial charge in [-0.25, -0.2) is 4.98 Å².